The van der Waals surface area contributed by atoms with Gasteiger partial charge in [0.05, 0.1) is 0 Å². The first kappa shape index (κ1) is 13.1. The van der Waals surface area contributed by atoms with Gasteiger partial charge in [0.25, 0.3) is 6.47 Å². The molecule has 0 radical (unpaired) electrons. The second kappa shape index (κ2) is 16.2. The molecule has 11 heavy (non-hydrogen) atoms. The summed E-state index contributed by atoms with van der Waals surface area (Å²) in [5.74, 6) is 0. The Hall–Kier alpha value is -0.530. The van der Waals surface area contributed by atoms with Gasteiger partial charge in [0.2, 0.25) is 0 Å². The molecule has 0 saturated carbocycles. The van der Waals surface area contributed by atoms with Gasteiger partial charge in [-0.1, -0.05) is 52.4 Å². The van der Waals surface area contributed by atoms with Gasteiger partial charge in [-0.15, -0.1) is 0 Å². The van der Waals surface area contributed by atoms with Crippen LogP contribution < -0.4 is 0 Å². The fourth-order valence-corrected chi connectivity index (χ4v) is 0.854. The minimum absolute atomic E-state index is 0.250. The number of unbranched alkanes of at least 4 members (excludes halogenated alkanes) is 5. The highest BCUT2D eigenvalue weighted by atomic mass is 16.3. The van der Waals surface area contributed by atoms with E-state index < -0.39 is 0 Å². The molecule has 2 heteroatoms. The number of carbonyl (C=O) groups is 1. The molecule has 0 fully saturated rings. The van der Waals surface area contributed by atoms with Gasteiger partial charge in [0.15, 0.2) is 0 Å². The summed E-state index contributed by atoms with van der Waals surface area (Å²) in [5.41, 5.74) is 0. The first-order chi connectivity index (χ1) is 5.33. The Balaban J connectivity index is 0. The van der Waals surface area contributed by atoms with Crippen LogP contribution in [0, 0.1) is 0 Å². The third-order valence-corrected chi connectivity index (χ3v) is 1.46. The molecular weight excluding hydrogens is 140 g/mol. The monoisotopic (exact) mass is 160 g/mol. The van der Waals surface area contributed by atoms with Gasteiger partial charge >= 0.3 is 0 Å². The average molecular weight is 160 g/mol. The van der Waals surface area contributed by atoms with Crippen molar-refractivity contribution in [2.45, 2.75) is 52.4 Å². The SMILES string of the molecule is CCCCCCCC.O=CO. The van der Waals surface area contributed by atoms with Gasteiger partial charge in [0.1, 0.15) is 0 Å². The third kappa shape index (κ3) is 26.4. The highest BCUT2D eigenvalue weighted by molar-refractivity contribution is 5.32. The first-order valence-electron chi connectivity index (χ1n) is 4.41. The first-order valence-corrected chi connectivity index (χ1v) is 4.41. The lowest BCUT2D eigenvalue weighted by Gasteiger charge is -1.93. The van der Waals surface area contributed by atoms with Crippen molar-refractivity contribution in [3.05, 3.63) is 0 Å². The molecule has 0 aliphatic carbocycles. The van der Waals surface area contributed by atoms with Crippen LogP contribution in [0.5, 0.6) is 0 Å². The van der Waals surface area contributed by atoms with E-state index in [9.17, 15) is 0 Å². The van der Waals surface area contributed by atoms with Crippen LogP contribution in [-0.4, -0.2) is 11.6 Å². The zero-order chi connectivity index (χ0) is 8.95. The number of rotatable bonds is 5. The summed E-state index contributed by atoms with van der Waals surface area (Å²) in [6.07, 6.45) is 8.49. The van der Waals surface area contributed by atoms with Crippen molar-refractivity contribution < 1.29 is 9.90 Å². The molecule has 0 aliphatic rings. The van der Waals surface area contributed by atoms with Crippen molar-refractivity contribution in [3.63, 3.8) is 0 Å². The Morgan fingerprint density at radius 3 is 1.45 bits per heavy atom. The van der Waals surface area contributed by atoms with E-state index in [1.807, 2.05) is 0 Å². The summed E-state index contributed by atoms with van der Waals surface area (Å²) in [4.78, 5) is 8.36. The van der Waals surface area contributed by atoms with Crippen LogP contribution in [0.2, 0.25) is 0 Å². The maximum absolute atomic E-state index is 8.36. The fourth-order valence-electron chi connectivity index (χ4n) is 0.854. The molecule has 0 saturated heterocycles. The third-order valence-electron chi connectivity index (χ3n) is 1.46. The van der Waals surface area contributed by atoms with E-state index in [4.69, 9.17) is 9.90 Å². The molecule has 0 rings (SSSR count). The van der Waals surface area contributed by atoms with Crippen LogP contribution in [0.3, 0.4) is 0 Å². The molecular formula is C9H20O2. The molecule has 0 amide bonds. The van der Waals surface area contributed by atoms with Gasteiger partial charge in [0, 0.05) is 0 Å². The Morgan fingerprint density at radius 1 is 1.00 bits per heavy atom. The Bertz CT molecular complexity index is 56.6. The van der Waals surface area contributed by atoms with E-state index in [0.717, 1.165) is 0 Å². The zero-order valence-electron chi connectivity index (χ0n) is 7.68. The van der Waals surface area contributed by atoms with Crippen molar-refractivity contribution in [2.75, 3.05) is 0 Å². The highest BCUT2D eigenvalue weighted by Crippen LogP contribution is 2.03. The van der Waals surface area contributed by atoms with Gasteiger partial charge in [-0.2, -0.15) is 0 Å². The molecule has 0 heterocycles. The second-order valence-corrected chi connectivity index (χ2v) is 2.52. The van der Waals surface area contributed by atoms with E-state index in [1.54, 1.807) is 0 Å². The Morgan fingerprint density at radius 2 is 1.27 bits per heavy atom. The van der Waals surface area contributed by atoms with E-state index in [2.05, 4.69) is 13.8 Å². The number of carboxylic acid groups (broad SMARTS) is 1. The summed E-state index contributed by atoms with van der Waals surface area (Å²) >= 11 is 0. The lowest BCUT2D eigenvalue weighted by molar-refractivity contribution is -0.122. The van der Waals surface area contributed by atoms with Crippen LogP contribution in [-0.2, 0) is 4.79 Å². The smallest absolute Gasteiger partial charge is 0.290 e. The predicted molar refractivity (Wildman–Crippen MR) is 47.7 cm³/mol. The lowest BCUT2D eigenvalue weighted by Crippen LogP contribution is -1.73. The molecule has 1 N–H and O–H groups in total. The molecule has 2 nitrogen and oxygen atoms in total. The van der Waals surface area contributed by atoms with E-state index in [0.29, 0.717) is 0 Å². The van der Waals surface area contributed by atoms with Crippen molar-refractivity contribution in [1.82, 2.24) is 0 Å². The van der Waals surface area contributed by atoms with E-state index in [1.165, 1.54) is 38.5 Å². The average Bonchev–Trinajstić information content (AvgIpc) is 2.00. The quantitative estimate of drug-likeness (QED) is 0.495. The molecule has 68 valence electrons. The number of hydrogen-bond acceptors (Lipinski definition) is 1. The van der Waals surface area contributed by atoms with Gasteiger partial charge in [-0.05, 0) is 0 Å². The minimum atomic E-state index is -0.250. The molecule has 0 unspecified atom stereocenters. The maximum Gasteiger partial charge on any atom is 0.290 e. The number of hydrogen-bond donors (Lipinski definition) is 1. The highest BCUT2D eigenvalue weighted by Gasteiger charge is 1.83. The molecule has 0 aromatic rings. The fraction of sp³-hybridized carbons (Fsp3) is 0.889. The van der Waals surface area contributed by atoms with Crippen LogP contribution in [0.25, 0.3) is 0 Å². The second-order valence-electron chi connectivity index (χ2n) is 2.52. The molecule has 0 spiro atoms. The molecule has 0 aliphatic heterocycles. The van der Waals surface area contributed by atoms with Crippen LogP contribution in [0.4, 0.5) is 0 Å². The Labute approximate surface area is 69.6 Å². The standard InChI is InChI=1S/C8H18.CH2O2/c1-3-5-7-8-6-4-2;2-1-3/h3-8H2,1-2H3;1H,(H,2,3). The normalized spacial score (nSPS) is 8.18. The lowest BCUT2D eigenvalue weighted by atomic mass is 10.1. The van der Waals surface area contributed by atoms with E-state index >= 15 is 0 Å². The van der Waals surface area contributed by atoms with Gasteiger partial charge in [-0.3, -0.25) is 4.79 Å². The predicted octanol–water partition coefficient (Wildman–Crippen LogP) is 3.07. The van der Waals surface area contributed by atoms with E-state index in [-0.39, 0.29) is 6.47 Å². The molecule has 0 aromatic carbocycles. The van der Waals surface area contributed by atoms with Crippen LogP contribution in [0.1, 0.15) is 52.4 Å². The largest absolute Gasteiger partial charge is 0.483 e. The summed E-state index contributed by atoms with van der Waals surface area (Å²) < 4.78 is 0. The summed E-state index contributed by atoms with van der Waals surface area (Å²) in [7, 11) is 0. The summed E-state index contributed by atoms with van der Waals surface area (Å²) in [6.45, 7) is 4.26. The molecule has 0 atom stereocenters. The Kier molecular flexibility index (Phi) is 19.3. The topological polar surface area (TPSA) is 37.3 Å². The summed E-state index contributed by atoms with van der Waals surface area (Å²) in [5, 5.41) is 6.89. The minimum Gasteiger partial charge on any atom is -0.483 e. The van der Waals surface area contributed by atoms with Crippen molar-refractivity contribution >= 4 is 6.47 Å². The van der Waals surface area contributed by atoms with Crippen LogP contribution in [0.15, 0.2) is 0 Å². The van der Waals surface area contributed by atoms with Crippen LogP contribution >= 0.6 is 0 Å². The maximum atomic E-state index is 8.36. The van der Waals surface area contributed by atoms with Crippen molar-refractivity contribution in [2.24, 2.45) is 0 Å². The zero-order valence-corrected chi connectivity index (χ0v) is 7.68. The molecule has 0 bridgehead atoms. The summed E-state index contributed by atoms with van der Waals surface area (Å²) in [6, 6.07) is 0. The van der Waals surface area contributed by atoms with Crippen molar-refractivity contribution in [1.29, 1.82) is 0 Å². The van der Waals surface area contributed by atoms with Crippen molar-refractivity contribution in [3.8, 4) is 0 Å². The molecule has 0 aromatic heterocycles. The van der Waals surface area contributed by atoms with Gasteiger partial charge < -0.3 is 5.11 Å². The van der Waals surface area contributed by atoms with Gasteiger partial charge in [-0.25, -0.2) is 0 Å².